The summed E-state index contributed by atoms with van der Waals surface area (Å²) in [6.07, 6.45) is 4.52. The van der Waals surface area contributed by atoms with Gasteiger partial charge in [0.05, 0.1) is 16.8 Å². The molecule has 28 heavy (non-hydrogen) atoms. The van der Waals surface area contributed by atoms with Gasteiger partial charge >= 0.3 is 0 Å². The molecule has 1 aromatic heterocycles. The molecule has 148 valence electrons. The van der Waals surface area contributed by atoms with Crippen molar-refractivity contribution in [2.75, 3.05) is 13.1 Å². The van der Waals surface area contributed by atoms with Crippen LogP contribution in [-0.2, 0) is 23.0 Å². The first-order valence-electron chi connectivity index (χ1n) is 9.74. The highest BCUT2D eigenvalue weighted by atomic mass is 32.2. The molecular formula is C21H24N2O4S. The Balaban J connectivity index is 1.62. The fraction of sp³-hybridized carbons (Fsp3) is 0.381. The maximum absolute atomic E-state index is 13.0. The van der Waals surface area contributed by atoms with E-state index >= 15 is 0 Å². The Morgan fingerprint density at radius 1 is 0.929 bits per heavy atom. The molecule has 0 N–H and O–H groups in total. The van der Waals surface area contributed by atoms with Gasteiger partial charge in [-0.2, -0.15) is 9.05 Å². The lowest BCUT2D eigenvalue weighted by Crippen LogP contribution is -2.32. The molecule has 2 aromatic carbocycles. The summed E-state index contributed by atoms with van der Waals surface area (Å²) in [6, 6.07) is 14.4. The minimum absolute atomic E-state index is 0.162. The molecule has 6 nitrogen and oxygen atoms in total. The van der Waals surface area contributed by atoms with E-state index in [1.54, 1.807) is 6.07 Å². The quantitative estimate of drug-likeness (QED) is 0.658. The van der Waals surface area contributed by atoms with Crippen molar-refractivity contribution < 1.29 is 12.9 Å². The van der Waals surface area contributed by atoms with Crippen LogP contribution in [0.4, 0.5) is 0 Å². The van der Waals surface area contributed by atoms with Gasteiger partial charge in [0.2, 0.25) is 10.0 Å². The predicted molar refractivity (Wildman–Crippen MR) is 108 cm³/mol. The van der Waals surface area contributed by atoms with Crippen LogP contribution in [0.15, 0.2) is 62.7 Å². The molecule has 0 amide bonds. The maximum atomic E-state index is 13.0. The van der Waals surface area contributed by atoms with E-state index in [1.807, 2.05) is 30.3 Å². The Kier molecular flexibility index (Phi) is 5.37. The van der Waals surface area contributed by atoms with Gasteiger partial charge in [0.1, 0.15) is 0 Å². The Morgan fingerprint density at radius 2 is 1.64 bits per heavy atom. The van der Waals surface area contributed by atoms with E-state index in [-0.39, 0.29) is 10.5 Å². The van der Waals surface area contributed by atoms with Crippen molar-refractivity contribution in [3.8, 4) is 0 Å². The third-order valence-electron chi connectivity index (χ3n) is 5.27. The lowest BCUT2D eigenvalue weighted by Gasteiger charge is -2.19. The predicted octanol–water partition coefficient (Wildman–Crippen LogP) is 3.40. The van der Waals surface area contributed by atoms with Gasteiger partial charge < -0.3 is 4.52 Å². The maximum Gasteiger partial charge on any atom is 0.290 e. The number of aromatic nitrogens is 1. The lowest BCUT2D eigenvalue weighted by atomic mass is 10.1. The van der Waals surface area contributed by atoms with E-state index in [0.717, 1.165) is 31.2 Å². The van der Waals surface area contributed by atoms with Gasteiger partial charge in [-0.25, -0.2) is 8.42 Å². The van der Waals surface area contributed by atoms with Crippen LogP contribution in [0.1, 0.15) is 31.2 Å². The molecule has 7 heteroatoms. The van der Waals surface area contributed by atoms with Gasteiger partial charge in [-0.05, 0) is 43.0 Å². The van der Waals surface area contributed by atoms with Gasteiger partial charge in [-0.3, -0.25) is 4.79 Å². The minimum Gasteiger partial charge on any atom is -0.376 e. The lowest BCUT2D eigenvalue weighted by molar-refractivity contribution is 0.283. The summed E-state index contributed by atoms with van der Waals surface area (Å²) in [5.41, 5.74) is 1.23. The fourth-order valence-corrected chi connectivity index (χ4v) is 5.21. The van der Waals surface area contributed by atoms with Crippen molar-refractivity contribution >= 4 is 21.0 Å². The summed E-state index contributed by atoms with van der Waals surface area (Å²) < 4.78 is 34.5. The smallest absolute Gasteiger partial charge is 0.290 e. The SMILES string of the molecule is O=c1c2cc(S(=O)(=O)N3CCCCCC3)ccc2on1CCc1ccccc1. The van der Waals surface area contributed by atoms with Crippen LogP contribution in [0, 0.1) is 0 Å². The highest BCUT2D eigenvalue weighted by Gasteiger charge is 2.26. The zero-order valence-electron chi connectivity index (χ0n) is 15.7. The number of aryl methyl sites for hydroxylation is 2. The molecule has 2 heterocycles. The van der Waals surface area contributed by atoms with Gasteiger partial charge in [0.25, 0.3) is 5.56 Å². The molecule has 1 aliphatic heterocycles. The van der Waals surface area contributed by atoms with Gasteiger partial charge in [0, 0.05) is 13.1 Å². The molecule has 0 saturated carbocycles. The standard InChI is InChI=1S/C21H24N2O4S/c24-21-19-16-18(28(25,26)22-13-6-1-2-7-14-22)10-11-20(19)27-23(21)15-12-17-8-4-3-5-9-17/h3-5,8-11,16H,1-2,6-7,12-15H2. The first-order chi connectivity index (χ1) is 13.6. The molecule has 3 aromatic rings. The Labute approximate surface area is 164 Å². The van der Waals surface area contributed by atoms with E-state index < -0.39 is 10.0 Å². The molecular weight excluding hydrogens is 376 g/mol. The second kappa shape index (κ2) is 7.93. The van der Waals surface area contributed by atoms with Gasteiger partial charge in [-0.15, -0.1) is 0 Å². The zero-order valence-corrected chi connectivity index (χ0v) is 16.5. The molecule has 0 bridgehead atoms. The first kappa shape index (κ1) is 19.0. The summed E-state index contributed by atoms with van der Waals surface area (Å²) in [6.45, 7) is 1.48. The van der Waals surface area contributed by atoms with Crippen LogP contribution in [-0.4, -0.2) is 30.6 Å². The highest BCUT2D eigenvalue weighted by molar-refractivity contribution is 7.89. The average molecular weight is 401 g/mol. The molecule has 0 atom stereocenters. The topological polar surface area (TPSA) is 72.5 Å². The number of benzene rings is 2. The van der Waals surface area contributed by atoms with Crippen LogP contribution in [0.5, 0.6) is 0 Å². The van der Waals surface area contributed by atoms with Crippen LogP contribution in [0.3, 0.4) is 0 Å². The van der Waals surface area contributed by atoms with Crippen LogP contribution in [0.2, 0.25) is 0 Å². The fourth-order valence-electron chi connectivity index (χ4n) is 3.66. The number of sulfonamides is 1. The van der Waals surface area contributed by atoms with E-state index in [2.05, 4.69) is 0 Å². The number of fused-ring (bicyclic) bond motifs is 1. The zero-order chi connectivity index (χ0) is 19.6. The van der Waals surface area contributed by atoms with Crippen molar-refractivity contribution in [3.63, 3.8) is 0 Å². The van der Waals surface area contributed by atoms with Gasteiger partial charge in [-0.1, -0.05) is 43.2 Å². The Hall–Kier alpha value is -2.38. The monoisotopic (exact) mass is 400 g/mol. The molecule has 0 unspecified atom stereocenters. The second-order valence-electron chi connectivity index (χ2n) is 7.21. The second-order valence-corrected chi connectivity index (χ2v) is 9.15. The molecule has 1 saturated heterocycles. The molecule has 4 rings (SSSR count). The summed E-state index contributed by atoms with van der Waals surface area (Å²) in [7, 11) is -3.60. The van der Waals surface area contributed by atoms with E-state index in [0.29, 0.717) is 37.0 Å². The average Bonchev–Trinajstić information content (AvgIpc) is 2.89. The minimum atomic E-state index is -3.60. The molecule has 0 radical (unpaired) electrons. The Bertz CT molecular complexity index is 1110. The van der Waals surface area contributed by atoms with Crippen LogP contribution < -0.4 is 5.56 Å². The highest BCUT2D eigenvalue weighted by Crippen LogP contribution is 2.23. The van der Waals surface area contributed by atoms with E-state index in [1.165, 1.54) is 21.2 Å². The van der Waals surface area contributed by atoms with Crippen molar-refractivity contribution in [2.24, 2.45) is 0 Å². The third kappa shape index (κ3) is 3.77. The third-order valence-corrected chi connectivity index (χ3v) is 7.16. The summed E-state index contributed by atoms with van der Waals surface area (Å²) in [5, 5.41) is 0.309. The van der Waals surface area contributed by atoms with E-state index in [9.17, 15) is 13.2 Å². The number of hydrogen-bond donors (Lipinski definition) is 0. The normalized spacial score (nSPS) is 16.3. The molecule has 1 fully saturated rings. The summed E-state index contributed by atoms with van der Waals surface area (Å²) >= 11 is 0. The van der Waals surface area contributed by atoms with Crippen LogP contribution >= 0.6 is 0 Å². The summed E-state index contributed by atoms with van der Waals surface area (Å²) in [5.74, 6) is 0. The van der Waals surface area contributed by atoms with Crippen LogP contribution in [0.25, 0.3) is 11.0 Å². The first-order valence-corrected chi connectivity index (χ1v) is 11.2. The molecule has 0 spiro atoms. The van der Waals surface area contributed by atoms with E-state index in [4.69, 9.17) is 4.52 Å². The van der Waals surface area contributed by atoms with Gasteiger partial charge in [0.15, 0.2) is 5.58 Å². The number of nitrogens with zero attached hydrogens (tertiary/aromatic N) is 2. The largest absolute Gasteiger partial charge is 0.376 e. The van der Waals surface area contributed by atoms with Crippen molar-refractivity contribution in [1.29, 1.82) is 0 Å². The molecule has 1 aliphatic rings. The number of rotatable bonds is 5. The van der Waals surface area contributed by atoms with Crippen molar-refractivity contribution in [2.45, 2.75) is 43.5 Å². The molecule has 0 aliphatic carbocycles. The van der Waals surface area contributed by atoms with Crippen molar-refractivity contribution in [1.82, 2.24) is 9.05 Å². The summed E-state index contributed by atoms with van der Waals surface area (Å²) in [4.78, 5) is 12.9. The van der Waals surface area contributed by atoms with Crippen molar-refractivity contribution in [3.05, 3.63) is 64.4 Å². The number of hydrogen-bond acceptors (Lipinski definition) is 4. The Morgan fingerprint density at radius 3 is 2.36 bits per heavy atom.